The number of hydrogen-bond acceptors (Lipinski definition) is 5. The number of hydrogen-bond donors (Lipinski definition) is 1. The average Bonchev–Trinajstić information content (AvgIpc) is 2.81. The van der Waals surface area contributed by atoms with Gasteiger partial charge < -0.3 is 14.8 Å². The molecule has 178 valence electrons. The Morgan fingerprint density at radius 2 is 1.76 bits per heavy atom. The van der Waals surface area contributed by atoms with Crippen LogP contribution in [0, 0.1) is 6.92 Å². The number of Topliss-reactive ketones (excluding diaryl/α,β-unsaturated/α-hetero) is 1. The van der Waals surface area contributed by atoms with Crippen molar-refractivity contribution in [1.82, 2.24) is 4.57 Å². The van der Waals surface area contributed by atoms with E-state index < -0.39 is 11.6 Å². The molecule has 8 heteroatoms. The molecular weight excluding hydrogens is 456 g/mol. The van der Waals surface area contributed by atoms with Gasteiger partial charge in [-0.3, -0.25) is 19.0 Å². The molecule has 34 heavy (non-hydrogen) atoms. The lowest BCUT2D eigenvalue weighted by Crippen LogP contribution is -2.34. The molecule has 1 aromatic heterocycles. The summed E-state index contributed by atoms with van der Waals surface area (Å²) in [6.45, 7) is 3.67. The molecule has 0 fully saturated rings. The summed E-state index contributed by atoms with van der Waals surface area (Å²) in [6.07, 6.45) is 1.75. The highest BCUT2D eigenvalue weighted by Gasteiger charge is 2.24. The summed E-state index contributed by atoms with van der Waals surface area (Å²) >= 11 is 6.17. The Hall–Kier alpha value is -3.42. The molecule has 2 aromatic carbocycles. The first kappa shape index (κ1) is 25.2. The normalized spacial score (nSPS) is 11.7. The third-order valence-corrected chi connectivity index (χ3v) is 5.70. The molecule has 3 rings (SSSR count). The molecule has 1 amide bonds. The summed E-state index contributed by atoms with van der Waals surface area (Å²) in [7, 11) is 2.99. The Labute approximate surface area is 203 Å². The van der Waals surface area contributed by atoms with E-state index in [0.717, 1.165) is 5.56 Å². The van der Waals surface area contributed by atoms with Crippen LogP contribution in [0.2, 0.25) is 5.02 Å². The van der Waals surface area contributed by atoms with Crippen LogP contribution in [0.5, 0.6) is 5.75 Å². The average molecular weight is 483 g/mol. The van der Waals surface area contributed by atoms with Crippen molar-refractivity contribution < 1.29 is 19.1 Å². The second-order valence-electron chi connectivity index (χ2n) is 7.90. The molecule has 0 radical (unpaired) electrons. The quantitative estimate of drug-likeness (QED) is 0.438. The van der Waals surface area contributed by atoms with Crippen LogP contribution in [0.15, 0.2) is 59.5 Å². The van der Waals surface area contributed by atoms with Gasteiger partial charge in [0.05, 0.1) is 13.3 Å². The largest absolute Gasteiger partial charge is 0.495 e. The summed E-state index contributed by atoms with van der Waals surface area (Å²) in [4.78, 5) is 38.6. The number of aromatic nitrogens is 1. The number of pyridine rings is 1. The van der Waals surface area contributed by atoms with Crippen LogP contribution >= 0.6 is 11.6 Å². The maximum Gasteiger partial charge on any atom is 0.252 e. The molecule has 0 aliphatic heterocycles. The van der Waals surface area contributed by atoms with Gasteiger partial charge >= 0.3 is 0 Å². The highest BCUT2D eigenvalue weighted by molar-refractivity contribution is 6.31. The van der Waals surface area contributed by atoms with Crippen molar-refractivity contribution in [3.63, 3.8) is 0 Å². The van der Waals surface area contributed by atoms with Gasteiger partial charge in [0.15, 0.2) is 5.78 Å². The molecule has 0 bridgehead atoms. The smallest absolute Gasteiger partial charge is 0.252 e. The number of nitrogens with one attached hydrogen (secondary N) is 1. The van der Waals surface area contributed by atoms with Gasteiger partial charge in [0, 0.05) is 48.0 Å². The Balaban J connectivity index is 2.07. The number of methoxy groups -OCH3 is 2. The number of amides is 1. The maximum atomic E-state index is 13.2. The summed E-state index contributed by atoms with van der Waals surface area (Å²) in [6, 6.07) is 12.7. The van der Waals surface area contributed by atoms with E-state index in [9.17, 15) is 14.4 Å². The summed E-state index contributed by atoms with van der Waals surface area (Å²) in [5.41, 5.74) is 2.58. The molecule has 0 saturated heterocycles. The van der Waals surface area contributed by atoms with Gasteiger partial charge in [-0.15, -0.1) is 0 Å². The molecule has 0 aliphatic rings. The zero-order valence-corrected chi connectivity index (χ0v) is 20.3. The monoisotopic (exact) mass is 482 g/mol. The SMILES string of the molecule is COCCC(C(=O)Nc1ccc(C)cc1)n1cc(OC)c(-c2cc(Cl)ccc2C(C)=O)cc1=O. The van der Waals surface area contributed by atoms with Crippen LogP contribution in [-0.2, 0) is 9.53 Å². The molecular formula is C26H27ClN2O5. The Morgan fingerprint density at radius 3 is 2.38 bits per heavy atom. The minimum atomic E-state index is -0.844. The van der Waals surface area contributed by atoms with Gasteiger partial charge in [-0.2, -0.15) is 0 Å². The number of halogens is 1. The number of nitrogens with zero attached hydrogens (tertiary/aromatic N) is 1. The fourth-order valence-electron chi connectivity index (χ4n) is 3.68. The molecule has 0 aliphatic carbocycles. The first-order valence-electron chi connectivity index (χ1n) is 10.7. The summed E-state index contributed by atoms with van der Waals surface area (Å²) < 4.78 is 12.1. The van der Waals surface area contributed by atoms with Crippen molar-refractivity contribution in [1.29, 1.82) is 0 Å². The number of benzene rings is 2. The van der Waals surface area contributed by atoms with E-state index in [2.05, 4.69) is 5.32 Å². The molecule has 1 N–H and O–H groups in total. The van der Waals surface area contributed by atoms with Gasteiger partial charge in [-0.05, 0) is 49.7 Å². The van der Waals surface area contributed by atoms with Crippen LogP contribution < -0.4 is 15.6 Å². The number of anilines is 1. The minimum Gasteiger partial charge on any atom is -0.495 e. The van der Waals surface area contributed by atoms with Crippen LogP contribution in [-0.4, -0.2) is 37.1 Å². The lowest BCUT2D eigenvalue weighted by atomic mass is 9.97. The molecule has 1 atom stereocenters. The van der Waals surface area contributed by atoms with Crippen LogP contribution in [0.3, 0.4) is 0 Å². The lowest BCUT2D eigenvalue weighted by molar-refractivity contribution is -0.119. The maximum absolute atomic E-state index is 13.2. The molecule has 7 nitrogen and oxygen atoms in total. The predicted molar refractivity (Wildman–Crippen MR) is 133 cm³/mol. The van der Waals surface area contributed by atoms with Crippen LogP contribution in [0.4, 0.5) is 5.69 Å². The van der Waals surface area contributed by atoms with Gasteiger partial charge in [0.25, 0.3) is 5.56 Å². The predicted octanol–water partition coefficient (Wildman–Crippen LogP) is 4.90. The van der Waals surface area contributed by atoms with Crippen molar-refractivity contribution in [3.05, 3.63) is 81.2 Å². The van der Waals surface area contributed by atoms with E-state index in [1.807, 2.05) is 19.1 Å². The number of ether oxygens (including phenoxy) is 2. The van der Waals surface area contributed by atoms with E-state index in [0.29, 0.717) is 33.1 Å². The molecule has 0 spiro atoms. The Morgan fingerprint density at radius 1 is 1.06 bits per heavy atom. The zero-order valence-electron chi connectivity index (χ0n) is 19.6. The van der Waals surface area contributed by atoms with Crippen molar-refractivity contribution in [2.45, 2.75) is 26.3 Å². The second-order valence-corrected chi connectivity index (χ2v) is 8.34. The van der Waals surface area contributed by atoms with Gasteiger partial charge in [-0.25, -0.2) is 0 Å². The highest BCUT2D eigenvalue weighted by atomic mass is 35.5. The van der Waals surface area contributed by atoms with E-state index in [4.69, 9.17) is 21.1 Å². The number of ketones is 1. The van der Waals surface area contributed by atoms with Crippen LogP contribution in [0.25, 0.3) is 11.1 Å². The molecule has 3 aromatic rings. The standard InChI is InChI=1S/C26H27ClN2O5/c1-16-5-8-19(9-6-16)28-26(32)23(11-12-33-3)29-15-24(34-4)22(14-25(29)31)21-13-18(27)7-10-20(21)17(2)30/h5-10,13-15,23H,11-12H2,1-4H3,(H,28,32). The van der Waals surface area contributed by atoms with Crippen molar-refractivity contribution >= 4 is 29.0 Å². The summed E-state index contributed by atoms with van der Waals surface area (Å²) in [5.74, 6) is -0.201. The van der Waals surface area contributed by atoms with Crippen LogP contribution in [0.1, 0.15) is 35.3 Å². The first-order chi connectivity index (χ1) is 16.2. The van der Waals surface area contributed by atoms with E-state index in [1.165, 1.54) is 38.0 Å². The fourth-order valence-corrected chi connectivity index (χ4v) is 3.85. The van der Waals surface area contributed by atoms with E-state index in [1.54, 1.807) is 30.3 Å². The first-order valence-corrected chi connectivity index (χ1v) is 11.1. The highest BCUT2D eigenvalue weighted by Crippen LogP contribution is 2.34. The minimum absolute atomic E-state index is 0.173. The molecule has 1 unspecified atom stereocenters. The number of carbonyl (C=O) groups is 2. The van der Waals surface area contributed by atoms with E-state index >= 15 is 0 Å². The fraction of sp³-hybridized carbons (Fsp3) is 0.269. The molecule has 1 heterocycles. The van der Waals surface area contributed by atoms with Gasteiger partial charge in [0.2, 0.25) is 5.91 Å². The number of rotatable bonds is 9. The zero-order chi connectivity index (χ0) is 24.8. The van der Waals surface area contributed by atoms with Gasteiger partial charge in [0.1, 0.15) is 11.8 Å². The third-order valence-electron chi connectivity index (χ3n) is 5.47. The lowest BCUT2D eigenvalue weighted by Gasteiger charge is -2.21. The Bertz CT molecular complexity index is 1250. The Kier molecular flexibility index (Phi) is 8.26. The third kappa shape index (κ3) is 5.73. The van der Waals surface area contributed by atoms with Crippen molar-refractivity contribution in [2.24, 2.45) is 0 Å². The van der Waals surface area contributed by atoms with Crippen molar-refractivity contribution in [3.8, 4) is 16.9 Å². The summed E-state index contributed by atoms with van der Waals surface area (Å²) in [5, 5.41) is 3.28. The second kappa shape index (κ2) is 11.1. The van der Waals surface area contributed by atoms with Gasteiger partial charge in [-0.1, -0.05) is 29.3 Å². The molecule has 0 saturated carbocycles. The topological polar surface area (TPSA) is 86.6 Å². The number of carbonyl (C=O) groups excluding carboxylic acids is 2. The van der Waals surface area contributed by atoms with Crippen molar-refractivity contribution in [2.75, 3.05) is 26.1 Å². The number of aryl methyl sites for hydroxylation is 1. The van der Waals surface area contributed by atoms with E-state index in [-0.39, 0.29) is 24.7 Å².